The number of carbonyl (C=O) groups excluding carboxylic acids is 1. The second-order valence-electron chi connectivity index (χ2n) is 7.71. The number of ether oxygens (including phenoxy) is 2. The number of piperidine rings is 1. The van der Waals surface area contributed by atoms with Crippen LogP contribution in [0.25, 0.3) is 0 Å². The van der Waals surface area contributed by atoms with Gasteiger partial charge in [-0.3, -0.25) is 4.99 Å². The van der Waals surface area contributed by atoms with Crippen LogP contribution in [0, 0.1) is 0 Å². The molecule has 8 heteroatoms. The van der Waals surface area contributed by atoms with Gasteiger partial charge in [0.05, 0.1) is 13.2 Å². The second-order valence-corrected chi connectivity index (χ2v) is 8.15. The maximum atomic E-state index is 11.8. The van der Waals surface area contributed by atoms with Gasteiger partial charge in [-0.25, -0.2) is 4.79 Å². The number of rotatable bonds is 5. The third-order valence-corrected chi connectivity index (χ3v) is 6.05. The molecule has 2 saturated heterocycles. The Labute approximate surface area is 177 Å². The summed E-state index contributed by atoms with van der Waals surface area (Å²) < 4.78 is 10.6. The molecule has 2 aliphatic rings. The zero-order valence-corrected chi connectivity index (χ0v) is 17.8. The van der Waals surface area contributed by atoms with Crippen LogP contribution in [0.3, 0.4) is 0 Å². The lowest BCUT2D eigenvalue weighted by atomic mass is 9.74. The number of benzene rings is 1. The minimum atomic E-state index is -0.240. The van der Waals surface area contributed by atoms with Crippen LogP contribution >= 0.6 is 11.6 Å². The Kier molecular flexibility index (Phi) is 7.61. The molecule has 0 spiro atoms. The van der Waals surface area contributed by atoms with Gasteiger partial charge < -0.3 is 25.4 Å². The van der Waals surface area contributed by atoms with E-state index >= 15 is 0 Å². The lowest BCUT2D eigenvalue weighted by Crippen LogP contribution is -2.49. The third kappa shape index (κ3) is 5.76. The molecule has 1 aromatic carbocycles. The molecule has 0 aliphatic carbocycles. The molecule has 0 unspecified atom stereocenters. The molecule has 0 bridgehead atoms. The Morgan fingerprint density at radius 1 is 1.38 bits per heavy atom. The maximum absolute atomic E-state index is 11.8. The minimum absolute atomic E-state index is 0.108. The molecule has 1 aromatic rings. The van der Waals surface area contributed by atoms with Crippen molar-refractivity contribution in [2.45, 2.75) is 44.1 Å². The summed E-state index contributed by atoms with van der Waals surface area (Å²) in [6.45, 7) is 5.55. The third-order valence-electron chi connectivity index (χ3n) is 5.81. The number of nitrogens with one attached hydrogen (secondary N) is 1. The number of halogens is 1. The van der Waals surface area contributed by atoms with Crippen LogP contribution in [0.1, 0.15) is 38.2 Å². The summed E-state index contributed by atoms with van der Waals surface area (Å²) in [5.41, 5.74) is 7.29. The molecule has 2 fully saturated rings. The van der Waals surface area contributed by atoms with E-state index in [9.17, 15) is 4.79 Å². The minimum Gasteiger partial charge on any atom is -0.450 e. The average molecular weight is 423 g/mol. The maximum Gasteiger partial charge on any atom is 0.409 e. The number of hydrogen-bond acceptors (Lipinski definition) is 4. The summed E-state index contributed by atoms with van der Waals surface area (Å²) in [4.78, 5) is 18.2. The van der Waals surface area contributed by atoms with Crippen molar-refractivity contribution < 1.29 is 14.3 Å². The number of carbonyl (C=O) groups is 1. The molecule has 0 atom stereocenters. The van der Waals surface area contributed by atoms with Crippen molar-refractivity contribution in [1.82, 2.24) is 10.2 Å². The van der Waals surface area contributed by atoms with Crippen molar-refractivity contribution in [2.75, 3.05) is 39.5 Å². The van der Waals surface area contributed by atoms with Crippen LogP contribution in [0.4, 0.5) is 4.79 Å². The Hall–Kier alpha value is -1.99. The fraction of sp³-hybridized carbons (Fsp3) is 0.619. The highest BCUT2D eigenvalue weighted by molar-refractivity contribution is 6.30. The van der Waals surface area contributed by atoms with Gasteiger partial charge in [-0.2, -0.15) is 0 Å². The number of nitrogens with zero attached hydrogens (tertiary/aromatic N) is 2. The van der Waals surface area contributed by atoms with Crippen molar-refractivity contribution in [3.05, 3.63) is 34.9 Å². The summed E-state index contributed by atoms with van der Waals surface area (Å²) >= 11 is 6.23. The van der Waals surface area contributed by atoms with Crippen LogP contribution in [0.2, 0.25) is 5.02 Å². The monoisotopic (exact) mass is 422 g/mol. The van der Waals surface area contributed by atoms with Crippen LogP contribution in [0.15, 0.2) is 29.3 Å². The van der Waals surface area contributed by atoms with Crippen LogP contribution < -0.4 is 11.1 Å². The number of nitrogens with two attached hydrogens (primary N) is 1. The molecular weight excluding hydrogens is 392 g/mol. The summed E-state index contributed by atoms with van der Waals surface area (Å²) in [6.07, 6.45) is 3.19. The first-order valence-corrected chi connectivity index (χ1v) is 10.7. The van der Waals surface area contributed by atoms with Crippen LogP contribution in [-0.4, -0.2) is 62.4 Å². The summed E-state index contributed by atoms with van der Waals surface area (Å²) in [5.74, 6) is 0.451. The molecule has 0 aromatic heterocycles. The van der Waals surface area contributed by atoms with Crippen LogP contribution in [-0.2, 0) is 14.9 Å². The van der Waals surface area contributed by atoms with E-state index in [2.05, 4.69) is 16.4 Å². The lowest BCUT2D eigenvalue weighted by Gasteiger charge is -2.37. The predicted molar refractivity (Wildman–Crippen MR) is 114 cm³/mol. The molecule has 2 aliphatic heterocycles. The Bertz CT molecular complexity index is 714. The van der Waals surface area contributed by atoms with Gasteiger partial charge in [0.2, 0.25) is 0 Å². The van der Waals surface area contributed by atoms with Crippen molar-refractivity contribution in [2.24, 2.45) is 10.7 Å². The molecule has 2 heterocycles. The summed E-state index contributed by atoms with van der Waals surface area (Å²) in [5, 5.41) is 4.05. The van der Waals surface area contributed by atoms with Gasteiger partial charge in [0, 0.05) is 42.8 Å². The van der Waals surface area contributed by atoms with E-state index in [4.69, 9.17) is 26.8 Å². The smallest absolute Gasteiger partial charge is 0.409 e. The molecule has 3 rings (SSSR count). The topological polar surface area (TPSA) is 89.2 Å². The normalized spacial score (nSPS) is 20.3. The van der Waals surface area contributed by atoms with E-state index in [0.717, 1.165) is 30.7 Å². The molecule has 1 amide bonds. The first-order valence-electron chi connectivity index (χ1n) is 10.3. The van der Waals surface area contributed by atoms with Crippen LogP contribution in [0.5, 0.6) is 0 Å². The van der Waals surface area contributed by atoms with Gasteiger partial charge in [0.25, 0.3) is 0 Å². The van der Waals surface area contributed by atoms with E-state index in [-0.39, 0.29) is 17.6 Å². The Morgan fingerprint density at radius 3 is 2.76 bits per heavy atom. The van der Waals surface area contributed by atoms with Crippen molar-refractivity contribution in [3.8, 4) is 0 Å². The van der Waals surface area contributed by atoms with Gasteiger partial charge in [0.1, 0.15) is 0 Å². The van der Waals surface area contributed by atoms with Crippen molar-refractivity contribution >= 4 is 23.7 Å². The average Bonchev–Trinajstić information content (AvgIpc) is 2.74. The number of amides is 1. The SMILES string of the molecule is CCOC(=O)N1CCC(NC(N)=NCC2(c3cccc(Cl)c3)CCOCC2)CC1. The van der Waals surface area contributed by atoms with Gasteiger partial charge in [-0.1, -0.05) is 23.7 Å². The van der Waals surface area contributed by atoms with Crippen molar-refractivity contribution in [1.29, 1.82) is 0 Å². The highest BCUT2D eigenvalue weighted by atomic mass is 35.5. The quantitative estimate of drug-likeness (QED) is 0.562. The van der Waals surface area contributed by atoms with E-state index in [1.807, 2.05) is 25.1 Å². The Balaban J connectivity index is 1.58. The van der Waals surface area contributed by atoms with Gasteiger partial charge >= 0.3 is 6.09 Å². The standard InChI is InChI=1S/C21H31ClN4O3/c1-2-29-20(27)26-10-6-18(7-11-26)25-19(23)24-15-21(8-12-28-13-9-21)16-4-3-5-17(22)14-16/h3-5,14,18H,2,6-13,15H2,1H3,(H3,23,24,25). The molecule has 29 heavy (non-hydrogen) atoms. The van der Waals surface area contributed by atoms with E-state index in [0.29, 0.717) is 45.4 Å². The van der Waals surface area contributed by atoms with Gasteiger partial charge in [-0.15, -0.1) is 0 Å². The van der Waals surface area contributed by atoms with Crippen molar-refractivity contribution in [3.63, 3.8) is 0 Å². The first-order chi connectivity index (χ1) is 14.0. The predicted octanol–water partition coefficient (Wildman–Crippen LogP) is 2.91. The van der Waals surface area contributed by atoms with E-state index in [1.165, 1.54) is 5.56 Å². The number of guanidine groups is 1. The molecule has 7 nitrogen and oxygen atoms in total. The fourth-order valence-electron chi connectivity index (χ4n) is 4.03. The molecule has 3 N–H and O–H groups in total. The number of hydrogen-bond donors (Lipinski definition) is 2. The van der Waals surface area contributed by atoms with E-state index < -0.39 is 0 Å². The Morgan fingerprint density at radius 2 is 2.10 bits per heavy atom. The van der Waals surface area contributed by atoms with E-state index in [1.54, 1.807) is 4.90 Å². The molecule has 0 radical (unpaired) electrons. The fourth-order valence-corrected chi connectivity index (χ4v) is 4.22. The lowest BCUT2D eigenvalue weighted by molar-refractivity contribution is 0.0531. The highest BCUT2D eigenvalue weighted by Crippen LogP contribution is 2.36. The second kappa shape index (κ2) is 10.2. The highest BCUT2D eigenvalue weighted by Gasteiger charge is 2.34. The molecular formula is C21H31ClN4O3. The number of aliphatic imine (C=N–C) groups is 1. The first kappa shape index (κ1) is 21.7. The zero-order valence-electron chi connectivity index (χ0n) is 17.0. The van der Waals surface area contributed by atoms with Gasteiger partial charge in [0.15, 0.2) is 5.96 Å². The molecule has 0 saturated carbocycles. The largest absolute Gasteiger partial charge is 0.450 e. The molecule has 160 valence electrons. The number of likely N-dealkylation sites (tertiary alicyclic amines) is 1. The summed E-state index contributed by atoms with van der Waals surface area (Å²) in [6, 6.07) is 8.22. The van der Waals surface area contributed by atoms with Gasteiger partial charge in [-0.05, 0) is 50.3 Å². The zero-order chi connectivity index (χ0) is 20.7. The summed E-state index contributed by atoms with van der Waals surface area (Å²) in [7, 11) is 0.